The van der Waals surface area contributed by atoms with Crippen molar-refractivity contribution in [1.82, 2.24) is 20.7 Å². The highest BCUT2D eigenvalue weighted by atomic mass is 19.4. The lowest BCUT2D eigenvalue weighted by atomic mass is 9.73. The molecule has 0 spiro atoms. The van der Waals surface area contributed by atoms with Crippen molar-refractivity contribution in [3.63, 3.8) is 0 Å². The maximum Gasteiger partial charge on any atom is 0.416 e. The highest BCUT2D eigenvalue weighted by Gasteiger charge is 2.53. The maximum absolute atomic E-state index is 13.5. The molecule has 0 radical (unpaired) electrons. The first kappa shape index (κ1) is 35.7. The van der Waals surface area contributed by atoms with Crippen molar-refractivity contribution < 1.29 is 45.2 Å². The van der Waals surface area contributed by atoms with E-state index in [-0.39, 0.29) is 43.8 Å². The quantitative estimate of drug-likeness (QED) is 0.194. The first-order chi connectivity index (χ1) is 21.9. The molecule has 2 saturated heterocycles. The van der Waals surface area contributed by atoms with E-state index in [0.717, 1.165) is 0 Å². The van der Waals surface area contributed by atoms with E-state index in [0.29, 0.717) is 47.7 Å². The Balaban J connectivity index is 1.58. The number of anilines is 1. The summed E-state index contributed by atoms with van der Waals surface area (Å²) in [5.74, 6) is 0.0909. The summed E-state index contributed by atoms with van der Waals surface area (Å²) < 4.78 is 92.3. The second-order valence-corrected chi connectivity index (χ2v) is 11.9. The predicted molar refractivity (Wildman–Crippen MR) is 161 cm³/mol. The number of nitrogens with one attached hydrogen (secondary N) is 3. The molecule has 2 aromatic rings. The Morgan fingerprint density at radius 2 is 1.81 bits per heavy atom. The molecule has 0 aliphatic carbocycles. The van der Waals surface area contributed by atoms with Crippen molar-refractivity contribution in [1.29, 1.82) is 0 Å². The third-order valence-electron chi connectivity index (χ3n) is 8.56. The Morgan fingerprint density at radius 1 is 1.15 bits per heavy atom. The van der Waals surface area contributed by atoms with Gasteiger partial charge >= 0.3 is 18.4 Å². The first-order valence-electron chi connectivity index (χ1n) is 14.8. The molecule has 3 N–H and O–H groups in total. The van der Waals surface area contributed by atoms with E-state index in [9.17, 15) is 35.9 Å². The van der Waals surface area contributed by atoms with Crippen molar-refractivity contribution in [3.8, 4) is 0 Å². The summed E-state index contributed by atoms with van der Waals surface area (Å²) in [7, 11) is 0. The van der Waals surface area contributed by atoms with E-state index in [4.69, 9.17) is 9.26 Å². The largest absolute Gasteiger partial charge is 0.416 e. The van der Waals surface area contributed by atoms with Crippen LogP contribution in [-0.2, 0) is 21.9 Å². The number of urea groups is 1. The lowest BCUT2D eigenvalue weighted by Gasteiger charge is -2.57. The van der Waals surface area contributed by atoms with Crippen LogP contribution >= 0.6 is 0 Å². The number of amides is 3. The molecule has 0 saturated carbocycles. The minimum absolute atomic E-state index is 0.0587. The Kier molecular flexibility index (Phi) is 10.3. The molecule has 1 aromatic heterocycles. The third-order valence-corrected chi connectivity index (χ3v) is 8.56. The number of halogens is 6. The second-order valence-electron chi connectivity index (χ2n) is 11.9. The van der Waals surface area contributed by atoms with Gasteiger partial charge in [0, 0.05) is 13.1 Å². The van der Waals surface area contributed by atoms with Gasteiger partial charge in [-0.05, 0) is 69.9 Å². The van der Waals surface area contributed by atoms with Crippen LogP contribution in [0.4, 0.5) is 36.8 Å². The zero-order valence-electron chi connectivity index (χ0n) is 26.4. The number of aryl methyl sites for hydroxylation is 2. The fraction of sp³-hybridized carbons (Fsp3) is 0.469. The number of allylic oxidation sites excluding steroid dienone is 3. The van der Waals surface area contributed by atoms with Crippen LogP contribution in [0.5, 0.6) is 0 Å². The summed E-state index contributed by atoms with van der Waals surface area (Å²) in [6, 6.07) is 0.827. The van der Waals surface area contributed by atoms with Crippen LogP contribution in [0.25, 0.3) is 0 Å². The van der Waals surface area contributed by atoms with Gasteiger partial charge < -0.3 is 25.2 Å². The molecule has 15 heteroatoms. The molecule has 256 valence electrons. The Labute approximate surface area is 268 Å². The molecule has 1 unspecified atom stereocenters. The number of piperazine rings is 1. The number of hydrogen-bond donors (Lipinski definition) is 3. The number of alkyl halides is 6. The van der Waals surface area contributed by atoms with Crippen LogP contribution in [-0.4, -0.2) is 59.3 Å². The number of nitrogens with zero attached hydrogens (tertiary/aromatic N) is 2. The number of piperidine rings is 1. The average molecular weight is 670 g/mol. The maximum atomic E-state index is 13.5. The molecule has 2 aliphatic heterocycles. The molecule has 2 fully saturated rings. The summed E-state index contributed by atoms with van der Waals surface area (Å²) in [6.45, 7) is 10.8. The number of benzene rings is 1. The van der Waals surface area contributed by atoms with Gasteiger partial charge in [-0.15, -0.1) is 0 Å². The Morgan fingerprint density at radius 3 is 2.38 bits per heavy atom. The third kappa shape index (κ3) is 8.07. The molecular weight excluding hydrogens is 632 g/mol. The monoisotopic (exact) mass is 669 g/mol. The molecule has 4 rings (SSSR count). The summed E-state index contributed by atoms with van der Waals surface area (Å²) in [4.78, 5) is 27.6. The fourth-order valence-electron chi connectivity index (χ4n) is 5.91. The molecule has 2 aliphatic rings. The number of rotatable bonds is 10. The molecule has 4 atom stereocenters. The molecule has 47 heavy (non-hydrogen) atoms. The lowest BCUT2D eigenvalue weighted by Crippen LogP contribution is -2.75. The Bertz CT molecular complexity index is 1510. The molecular formula is C32H37F6N5O4. The normalized spacial score (nSPS) is 24.0. The highest BCUT2D eigenvalue weighted by Crippen LogP contribution is 2.42. The van der Waals surface area contributed by atoms with Gasteiger partial charge in [0.2, 0.25) is 5.91 Å². The fourth-order valence-corrected chi connectivity index (χ4v) is 5.91. The van der Waals surface area contributed by atoms with Gasteiger partial charge in [-0.3, -0.25) is 9.69 Å². The van der Waals surface area contributed by atoms with Crippen LogP contribution in [0, 0.1) is 13.8 Å². The standard InChI is InChI=1S/C32H37F6N5O4/c1-6-7-8-9-19(2)30(18-46-21(4)23-12-24(31(33,34)35)14-25(13-23)32(36,37)38)11-10-29(17-43(30)15-26(44)41-29)16-39-28(45)40-27-20(3)42-47-22(27)5/h6-9,12-14,21H,2,10-11,15-18H2,1,3-5H3,(H,41,44)(H2,39,40,45)/b7-6-,9-8-/t21-,29+,30-/m1/s1. The lowest BCUT2D eigenvalue weighted by molar-refractivity contribution is -0.143. The number of ether oxygens (including phenoxy) is 1. The van der Waals surface area contributed by atoms with E-state index in [2.05, 4.69) is 27.7 Å². The molecule has 1 aromatic carbocycles. The van der Waals surface area contributed by atoms with Crippen molar-refractivity contribution in [3.05, 3.63) is 82.8 Å². The van der Waals surface area contributed by atoms with Crippen molar-refractivity contribution >= 4 is 17.6 Å². The summed E-state index contributed by atoms with van der Waals surface area (Å²) in [5, 5.41) is 12.3. The second kappa shape index (κ2) is 13.6. The van der Waals surface area contributed by atoms with Crippen LogP contribution in [0.3, 0.4) is 0 Å². The van der Waals surface area contributed by atoms with Crippen LogP contribution in [0.1, 0.15) is 60.9 Å². The number of carbonyl (C=O) groups is 2. The average Bonchev–Trinajstić information content (AvgIpc) is 3.30. The van der Waals surface area contributed by atoms with Gasteiger partial charge in [-0.1, -0.05) is 36.0 Å². The van der Waals surface area contributed by atoms with Crippen molar-refractivity contribution in [2.24, 2.45) is 0 Å². The summed E-state index contributed by atoms with van der Waals surface area (Å²) >= 11 is 0. The number of hydrogen-bond acceptors (Lipinski definition) is 6. The van der Waals surface area contributed by atoms with Gasteiger partial charge in [0.1, 0.15) is 11.4 Å². The first-order valence-corrected chi connectivity index (χ1v) is 14.8. The van der Waals surface area contributed by atoms with Crippen LogP contribution in [0.2, 0.25) is 0 Å². The molecule has 3 heterocycles. The van der Waals surface area contributed by atoms with Gasteiger partial charge in [0.05, 0.1) is 41.5 Å². The molecule has 3 amide bonds. The van der Waals surface area contributed by atoms with Crippen LogP contribution in [0.15, 0.2) is 59.2 Å². The van der Waals surface area contributed by atoms with Crippen molar-refractivity contribution in [2.75, 3.05) is 31.6 Å². The van der Waals surface area contributed by atoms with Gasteiger partial charge in [-0.25, -0.2) is 4.79 Å². The van der Waals surface area contributed by atoms with E-state index < -0.39 is 46.7 Å². The highest BCUT2D eigenvalue weighted by molar-refractivity contribution is 5.90. The van der Waals surface area contributed by atoms with Crippen LogP contribution < -0.4 is 16.0 Å². The van der Waals surface area contributed by atoms with Gasteiger partial charge in [-0.2, -0.15) is 26.3 Å². The topological polar surface area (TPSA) is 109 Å². The zero-order chi connectivity index (χ0) is 34.8. The van der Waals surface area contributed by atoms with E-state index in [1.165, 1.54) is 6.92 Å². The zero-order valence-corrected chi connectivity index (χ0v) is 26.4. The summed E-state index contributed by atoms with van der Waals surface area (Å²) in [6.07, 6.45) is -3.48. The minimum Gasteiger partial charge on any atom is -0.372 e. The SMILES string of the molecule is C=C(/C=C\C=C/C)[C@]1(CO[C@H](C)c2cc(C(F)(F)F)cc(C(F)(F)F)c2)CC[C@]2(CNC(=O)Nc3c(C)noc3C)CN1CC(=O)N2. The minimum atomic E-state index is -5.01. The number of aromatic nitrogens is 1. The molecule has 9 nitrogen and oxygen atoms in total. The smallest absolute Gasteiger partial charge is 0.372 e. The van der Waals surface area contributed by atoms with E-state index in [1.54, 1.807) is 38.2 Å². The Hall–Kier alpha value is -4.11. The van der Waals surface area contributed by atoms with E-state index >= 15 is 0 Å². The van der Waals surface area contributed by atoms with Crippen molar-refractivity contribution in [2.45, 2.75) is 70.1 Å². The van der Waals surface area contributed by atoms with E-state index in [1.807, 2.05) is 11.8 Å². The molecule has 2 bridgehead atoms. The summed E-state index contributed by atoms with van der Waals surface area (Å²) in [5.41, 5.74) is -3.64. The van der Waals surface area contributed by atoms with Gasteiger partial charge in [0.15, 0.2) is 5.76 Å². The number of fused-ring (bicyclic) bond motifs is 2. The number of carbonyl (C=O) groups excluding carboxylic acids is 2. The predicted octanol–water partition coefficient (Wildman–Crippen LogP) is 6.62. The van der Waals surface area contributed by atoms with Gasteiger partial charge in [0.25, 0.3) is 0 Å².